The number of sulfonamides is 1. The van der Waals surface area contributed by atoms with E-state index in [1.54, 1.807) is 13.0 Å². The molecule has 0 saturated heterocycles. The quantitative estimate of drug-likeness (QED) is 0.705. The number of nitrogens with one attached hydrogen (secondary N) is 1. The Labute approximate surface area is 181 Å². The van der Waals surface area contributed by atoms with Crippen molar-refractivity contribution in [3.63, 3.8) is 0 Å². The monoisotopic (exact) mass is 446 g/mol. The van der Waals surface area contributed by atoms with Crippen LogP contribution in [0.3, 0.4) is 0 Å². The summed E-state index contributed by atoms with van der Waals surface area (Å²) >= 11 is 0. The van der Waals surface area contributed by atoms with E-state index in [2.05, 4.69) is 4.72 Å². The molecule has 9 heteroatoms. The highest BCUT2D eigenvalue weighted by molar-refractivity contribution is 7.89. The van der Waals surface area contributed by atoms with Crippen molar-refractivity contribution >= 4 is 27.6 Å². The summed E-state index contributed by atoms with van der Waals surface area (Å²) in [6.45, 7) is 7.20. The smallest absolute Gasteiger partial charge is 0.305 e. The van der Waals surface area contributed by atoms with Gasteiger partial charge in [0.25, 0.3) is 0 Å². The van der Waals surface area contributed by atoms with Crippen LogP contribution >= 0.6 is 0 Å². The largest absolute Gasteiger partial charge is 0.487 e. The summed E-state index contributed by atoms with van der Waals surface area (Å²) < 4.78 is 34.6. The first-order chi connectivity index (χ1) is 14.5. The van der Waals surface area contributed by atoms with Crippen molar-refractivity contribution in [1.82, 2.24) is 4.72 Å². The van der Waals surface area contributed by atoms with Crippen molar-refractivity contribution in [2.75, 3.05) is 11.4 Å². The zero-order valence-corrected chi connectivity index (χ0v) is 18.7. The van der Waals surface area contributed by atoms with E-state index in [1.165, 1.54) is 30.0 Å². The molecule has 1 aliphatic rings. The summed E-state index contributed by atoms with van der Waals surface area (Å²) in [4.78, 5) is 24.9. The van der Waals surface area contributed by atoms with E-state index in [-0.39, 0.29) is 16.9 Å². The van der Waals surface area contributed by atoms with Gasteiger partial charge in [-0.25, -0.2) is 13.1 Å². The molecule has 0 spiro atoms. The number of aliphatic carboxylic acids is 1. The van der Waals surface area contributed by atoms with Gasteiger partial charge >= 0.3 is 5.97 Å². The summed E-state index contributed by atoms with van der Waals surface area (Å²) in [6, 6.07) is 8.83. The lowest BCUT2D eigenvalue weighted by atomic mass is 9.97. The second kappa shape index (κ2) is 8.68. The highest BCUT2D eigenvalue weighted by atomic mass is 32.2. The van der Waals surface area contributed by atoms with Crippen molar-refractivity contribution in [3.8, 4) is 5.75 Å². The average Bonchev–Trinajstić information content (AvgIpc) is 2.67. The number of hydrogen-bond acceptors (Lipinski definition) is 5. The van der Waals surface area contributed by atoms with Crippen molar-refractivity contribution in [2.45, 2.75) is 51.2 Å². The minimum absolute atomic E-state index is 0.0728. The van der Waals surface area contributed by atoms with Gasteiger partial charge in [0.2, 0.25) is 15.9 Å². The number of carboxylic acids is 1. The molecule has 2 aromatic carbocycles. The number of benzene rings is 2. The molecule has 0 aliphatic carbocycles. The SMILES string of the molecule is CC(=O)N1C[C@H](C)Oc2ccc(S(=O)(=O)N[C@@H](CC(=O)O)c3cc(C)ccc3C)cc21. The van der Waals surface area contributed by atoms with Gasteiger partial charge in [0, 0.05) is 6.92 Å². The van der Waals surface area contributed by atoms with Crippen molar-refractivity contribution in [3.05, 3.63) is 53.1 Å². The maximum absolute atomic E-state index is 13.2. The van der Waals surface area contributed by atoms with E-state index in [1.807, 2.05) is 26.0 Å². The number of hydrogen-bond donors (Lipinski definition) is 2. The number of anilines is 1. The third kappa shape index (κ3) is 5.05. The molecule has 1 aliphatic heterocycles. The summed E-state index contributed by atoms with van der Waals surface area (Å²) in [7, 11) is -4.09. The minimum Gasteiger partial charge on any atom is -0.487 e. The van der Waals surface area contributed by atoms with Gasteiger partial charge in [-0.15, -0.1) is 0 Å². The molecule has 0 fully saturated rings. The number of fused-ring (bicyclic) bond motifs is 1. The zero-order valence-electron chi connectivity index (χ0n) is 17.9. The third-order valence-corrected chi connectivity index (χ3v) is 6.64. The third-order valence-electron chi connectivity index (χ3n) is 5.17. The summed E-state index contributed by atoms with van der Waals surface area (Å²) in [6.07, 6.45) is -0.629. The fourth-order valence-corrected chi connectivity index (χ4v) is 4.90. The van der Waals surface area contributed by atoms with Crippen LogP contribution in [0.1, 0.15) is 43.0 Å². The molecule has 8 nitrogen and oxygen atoms in total. The fraction of sp³-hybridized carbons (Fsp3) is 0.364. The van der Waals surface area contributed by atoms with E-state index in [0.717, 1.165) is 11.1 Å². The molecule has 2 N–H and O–H groups in total. The number of aryl methyl sites for hydroxylation is 2. The molecule has 2 atom stereocenters. The van der Waals surface area contributed by atoms with Gasteiger partial charge in [0.05, 0.1) is 29.6 Å². The van der Waals surface area contributed by atoms with Gasteiger partial charge < -0.3 is 14.7 Å². The minimum atomic E-state index is -4.09. The summed E-state index contributed by atoms with van der Waals surface area (Å²) in [5, 5.41) is 9.36. The first-order valence-electron chi connectivity index (χ1n) is 9.88. The lowest BCUT2D eigenvalue weighted by molar-refractivity contribution is -0.137. The second-order valence-corrected chi connectivity index (χ2v) is 9.53. The van der Waals surface area contributed by atoms with Crippen LogP contribution in [-0.2, 0) is 19.6 Å². The molecule has 1 heterocycles. The number of ether oxygens (including phenoxy) is 1. The first-order valence-corrected chi connectivity index (χ1v) is 11.4. The normalized spacial score (nSPS) is 16.9. The lowest BCUT2D eigenvalue weighted by Crippen LogP contribution is -2.41. The van der Waals surface area contributed by atoms with Crippen LogP contribution in [0.5, 0.6) is 5.75 Å². The Morgan fingerprint density at radius 2 is 1.94 bits per heavy atom. The van der Waals surface area contributed by atoms with Gasteiger partial charge in [-0.05, 0) is 50.1 Å². The predicted octanol–water partition coefficient (Wildman–Crippen LogP) is 2.93. The summed E-state index contributed by atoms with van der Waals surface area (Å²) in [5.41, 5.74) is 2.66. The Kier molecular flexibility index (Phi) is 6.38. The van der Waals surface area contributed by atoms with Crippen LogP contribution in [0.15, 0.2) is 41.3 Å². The molecular weight excluding hydrogens is 420 g/mol. The molecule has 0 radical (unpaired) electrons. The van der Waals surface area contributed by atoms with Crippen LogP contribution in [0.4, 0.5) is 5.69 Å². The Balaban J connectivity index is 2.00. The number of rotatable bonds is 6. The van der Waals surface area contributed by atoms with Gasteiger partial charge in [0.15, 0.2) is 0 Å². The standard InChI is InChI=1S/C22H26N2O6S/c1-13-5-6-14(2)18(9-13)19(11-22(26)27)23-31(28,29)17-7-8-21-20(10-17)24(16(4)25)12-15(3)30-21/h5-10,15,19,23H,11-12H2,1-4H3,(H,26,27)/t15-,19-/m0/s1. The van der Waals surface area contributed by atoms with Crippen LogP contribution in [0.2, 0.25) is 0 Å². The van der Waals surface area contributed by atoms with Gasteiger partial charge in [-0.1, -0.05) is 23.8 Å². The molecule has 1 amide bonds. The van der Waals surface area contributed by atoms with Crippen molar-refractivity contribution in [1.29, 1.82) is 0 Å². The predicted molar refractivity (Wildman–Crippen MR) is 116 cm³/mol. The van der Waals surface area contributed by atoms with Crippen LogP contribution in [0.25, 0.3) is 0 Å². The second-order valence-electron chi connectivity index (χ2n) is 7.82. The summed E-state index contributed by atoms with van der Waals surface area (Å²) in [5.74, 6) is -0.924. The number of amides is 1. The Morgan fingerprint density at radius 1 is 1.23 bits per heavy atom. The number of carboxylic acid groups (broad SMARTS) is 1. The maximum Gasteiger partial charge on any atom is 0.305 e. The van der Waals surface area contributed by atoms with Crippen LogP contribution in [0, 0.1) is 13.8 Å². The number of carbonyl (C=O) groups excluding carboxylic acids is 1. The van der Waals surface area contributed by atoms with Crippen molar-refractivity contribution in [2.24, 2.45) is 0 Å². The van der Waals surface area contributed by atoms with Gasteiger partial charge in [-0.2, -0.15) is 0 Å². The average molecular weight is 447 g/mol. The van der Waals surface area contributed by atoms with Crippen LogP contribution in [-0.4, -0.2) is 38.0 Å². The number of carbonyl (C=O) groups is 2. The molecule has 0 unspecified atom stereocenters. The first kappa shape index (κ1) is 22.8. The van der Waals surface area contributed by atoms with E-state index in [0.29, 0.717) is 23.5 Å². The molecule has 2 aromatic rings. The van der Waals surface area contributed by atoms with E-state index in [4.69, 9.17) is 4.74 Å². The molecule has 0 saturated carbocycles. The molecule has 0 bridgehead atoms. The Hall–Kier alpha value is -2.91. The Morgan fingerprint density at radius 3 is 2.58 bits per heavy atom. The lowest BCUT2D eigenvalue weighted by Gasteiger charge is -2.33. The topological polar surface area (TPSA) is 113 Å². The van der Waals surface area contributed by atoms with Crippen molar-refractivity contribution < 1.29 is 27.9 Å². The van der Waals surface area contributed by atoms with Gasteiger partial charge in [-0.3, -0.25) is 9.59 Å². The van der Waals surface area contributed by atoms with E-state index < -0.39 is 28.5 Å². The highest BCUT2D eigenvalue weighted by Gasteiger charge is 2.30. The Bertz CT molecular complexity index is 1130. The molecule has 31 heavy (non-hydrogen) atoms. The highest BCUT2D eigenvalue weighted by Crippen LogP contribution is 2.36. The molecular formula is C22H26N2O6S. The van der Waals surface area contributed by atoms with Crippen LogP contribution < -0.4 is 14.4 Å². The molecule has 3 rings (SSSR count). The number of nitrogens with zero attached hydrogens (tertiary/aromatic N) is 1. The van der Waals surface area contributed by atoms with Gasteiger partial charge in [0.1, 0.15) is 11.9 Å². The maximum atomic E-state index is 13.2. The zero-order chi connectivity index (χ0) is 22.9. The van der Waals surface area contributed by atoms with E-state index >= 15 is 0 Å². The molecule has 166 valence electrons. The molecule has 0 aromatic heterocycles. The van der Waals surface area contributed by atoms with E-state index in [9.17, 15) is 23.1 Å². The fourth-order valence-electron chi connectivity index (χ4n) is 3.66.